The topological polar surface area (TPSA) is 143 Å². The summed E-state index contributed by atoms with van der Waals surface area (Å²) in [5.74, 6) is 0.889. The molecule has 0 aliphatic carbocycles. The van der Waals surface area contributed by atoms with Crippen molar-refractivity contribution in [3.63, 3.8) is 0 Å². The van der Waals surface area contributed by atoms with Crippen LogP contribution in [-0.2, 0) is 0 Å². The molecule has 1 aromatic heterocycles. The fraction of sp³-hybridized carbons (Fsp3) is 0.333. The van der Waals surface area contributed by atoms with Crippen LogP contribution in [0.1, 0.15) is 0 Å². The first-order chi connectivity index (χ1) is 8.15. The van der Waals surface area contributed by atoms with E-state index >= 15 is 0 Å². The first kappa shape index (κ1) is 13.9. The van der Waals surface area contributed by atoms with Gasteiger partial charge < -0.3 is 21.9 Å². The Kier molecular flexibility index (Phi) is 5.86. The van der Waals surface area contributed by atoms with Gasteiger partial charge in [0, 0.05) is 0 Å². The van der Waals surface area contributed by atoms with Crippen LogP contribution < -0.4 is 11.5 Å². The second-order valence-electron chi connectivity index (χ2n) is 2.60. The Hall–Kier alpha value is -1.20. The number of nitrogens with two attached hydrogens (primary N) is 2. The second-order valence-corrected chi connectivity index (χ2v) is 5.52. The minimum atomic E-state index is 0.107. The number of aromatic nitrogens is 2. The van der Waals surface area contributed by atoms with Crippen LogP contribution >= 0.6 is 35.1 Å². The molecule has 0 radical (unpaired) electrons. The molecule has 0 amide bonds. The summed E-state index contributed by atoms with van der Waals surface area (Å²) in [5.41, 5.74) is 10.6. The van der Waals surface area contributed by atoms with E-state index in [1.54, 1.807) is 0 Å². The Balaban J connectivity index is 2.43. The number of nitrogens with zero attached hydrogens (tertiary/aromatic N) is 4. The number of oxime groups is 2. The van der Waals surface area contributed by atoms with Crippen molar-refractivity contribution in [2.75, 3.05) is 11.5 Å². The van der Waals surface area contributed by atoms with Gasteiger partial charge in [-0.25, -0.2) is 4.98 Å². The van der Waals surface area contributed by atoms with Gasteiger partial charge in [0.2, 0.25) is 5.16 Å². The van der Waals surface area contributed by atoms with Gasteiger partial charge in [0.1, 0.15) is 11.7 Å². The molecular formula is C6H10N6O2S3. The smallest absolute Gasteiger partial charge is 0.201 e. The van der Waals surface area contributed by atoms with Crippen molar-refractivity contribution in [2.24, 2.45) is 21.8 Å². The van der Waals surface area contributed by atoms with Gasteiger partial charge in [-0.15, -0.1) is 0 Å². The average molecular weight is 294 g/mol. The highest BCUT2D eigenvalue weighted by Crippen LogP contribution is 2.24. The first-order valence-corrected chi connectivity index (χ1v) is 6.92. The summed E-state index contributed by atoms with van der Waals surface area (Å²) >= 11 is 3.79. The van der Waals surface area contributed by atoms with Gasteiger partial charge in [0.05, 0.1) is 11.5 Å². The lowest BCUT2D eigenvalue weighted by atomic mass is 10.7. The summed E-state index contributed by atoms with van der Waals surface area (Å²) in [4.78, 5) is 4.17. The molecule has 0 saturated heterocycles. The molecule has 1 heterocycles. The molecule has 94 valence electrons. The molecule has 8 nitrogen and oxygen atoms in total. The fourth-order valence-electron chi connectivity index (χ4n) is 0.646. The maximum absolute atomic E-state index is 8.35. The highest BCUT2D eigenvalue weighted by molar-refractivity contribution is 8.02. The molecule has 0 aliphatic rings. The van der Waals surface area contributed by atoms with Crippen molar-refractivity contribution in [1.29, 1.82) is 0 Å². The minimum absolute atomic E-state index is 0.107. The molecule has 0 saturated carbocycles. The summed E-state index contributed by atoms with van der Waals surface area (Å²) in [5, 5.41) is 22.9. The van der Waals surface area contributed by atoms with E-state index in [2.05, 4.69) is 19.7 Å². The van der Waals surface area contributed by atoms with Crippen LogP contribution in [0.2, 0.25) is 0 Å². The first-order valence-electron chi connectivity index (χ1n) is 4.17. The Morgan fingerprint density at radius 3 is 2.35 bits per heavy atom. The average Bonchev–Trinajstić information content (AvgIpc) is 2.80. The summed E-state index contributed by atoms with van der Waals surface area (Å²) in [6.07, 6.45) is 0. The summed E-state index contributed by atoms with van der Waals surface area (Å²) < 4.78 is 4.77. The van der Waals surface area contributed by atoms with E-state index in [4.69, 9.17) is 21.9 Å². The van der Waals surface area contributed by atoms with E-state index in [0.29, 0.717) is 21.0 Å². The summed E-state index contributed by atoms with van der Waals surface area (Å²) in [6, 6.07) is 0. The van der Waals surface area contributed by atoms with Crippen LogP contribution in [0.5, 0.6) is 0 Å². The Morgan fingerprint density at radius 2 is 1.76 bits per heavy atom. The van der Waals surface area contributed by atoms with Crippen LogP contribution in [0.25, 0.3) is 0 Å². The molecule has 0 bridgehead atoms. The van der Waals surface area contributed by atoms with Gasteiger partial charge in [0.15, 0.2) is 4.34 Å². The Bertz CT molecular complexity index is 383. The minimum Gasteiger partial charge on any atom is -0.409 e. The molecule has 0 fully saturated rings. The van der Waals surface area contributed by atoms with Gasteiger partial charge in [0.25, 0.3) is 0 Å². The highest BCUT2D eigenvalue weighted by atomic mass is 32.2. The monoisotopic (exact) mass is 294 g/mol. The van der Waals surface area contributed by atoms with E-state index in [9.17, 15) is 0 Å². The third kappa shape index (κ3) is 5.10. The van der Waals surface area contributed by atoms with E-state index < -0.39 is 0 Å². The largest absolute Gasteiger partial charge is 0.409 e. The van der Waals surface area contributed by atoms with Crippen LogP contribution in [-0.4, -0.2) is 42.9 Å². The normalized spacial score (nSPS) is 12.9. The van der Waals surface area contributed by atoms with Gasteiger partial charge in [-0.1, -0.05) is 33.8 Å². The molecule has 1 aromatic rings. The zero-order valence-corrected chi connectivity index (χ0v) is 10.9. The van der Waals surface area contributed by atoms with Crippen molar-refractivity contribution < 1.29 is 10.4 Å². The lowest BCUT2D eigenvalue weighted by Gasteiger charge is -1.94. The van der Waals surface area contributed by atoms with Gasteiger partial charge in [-0.2, -0.15) is 4.37 Å². The van der Waals surface area contributed by atoms with Crippen molar-refractivity contribution in [1.82, 2.24) is 9.36 Å². The van der Waals surface area contributed by atoms with Gasteiger partial charge in [-0.05, 0) is 11.5 Å². The maximum Gasteiger partial charge on any atom is 0.201 e. The van der Waals surface area contributed by atoms with E-state index in [0.717, 1.165) is 0 Å². The fourth-order valence-corrected chi connectivity index (χ4v) is 2.88. The van der Waals surface area contributed by atoms with Crippen LogP contribution in [0.4, 0.5) is 0 Å². The van der Waals surface area contributed by atoms with E-state index in [1.165, 1.54) is 35.1 Å². The maximum atomic E-state index is 8.35. The SMILES string of the molecule is N/C(CSc1nsc(SC/C(N)=N/O)n1)=N\O. The van der Waals surface area contributed by atoms with Crippen molar-refractivity contribution in [3.8, 4) is 0 Å². The van der Waals surface area contributed by atoms with Gasteiger partial charge in [-0.3, -0.25) is 0 Å². The number of amidine groups is 2. The molecule has 1 rings (SSSR count). The molecule has 0 aromatic carbocycles. The van der Waals surface area contributed by atoms with Crippen molar-refractivity contribution in [3.05, 3.63) is 0 Å². The van der Waals surface area contributed by atoms with Crippen molar-refractivity contribution in [2.45, 2.75) is 9.50 Å². The third-order valence-electron chi connectivity index (χ3n) is 1.34. The number of rotatable bonds is 6. The molecule has 0 atom stereocenters. The van der Waals surface area contributed by atoms with Crippen LogP contribution in [0.15, 0.2) is 19.8 Å². The zero-order valence-electron chi connectivity index (χ0n) is 8.48. The Morgan fingerprint density at radius 1 is 1.18 bits per heavy atom. The second kappa shape index (κ2) is 7.19. The molecule has 0 spiro atoms. The quantitative estimate of drug-likeness (QED) is 0.192. The Labute approximate surface area is 109 Å². The number of hydrogen-bond donors (Lipinski definition) is 4. The number of thioether (sulfide) groups is 2. The third-order valence-corrected chi connectivity index (χ3v) is 4.20. The van der Waals surface area contributed by atoms with E-state index in [1.807, 2.05) is 0 Å². The molecular weight excluding hydrogens is 284 g/mol. The standard InChI is InChI=1S/C6H10N6O2S3/c7-3(10-13)1-15-5-9-6(17-12-5)16-2-4(8)11-14/h13-14H,1-2H2,(H2,7,10)(H2,8,11). The summed E-state index contributed by atoms with van der Waals surface area (Å²) in [6.45, 7) is 0. The molecule has 6 N–H and O–H groups in total. The van der Waals surface area contributed by atoms with Crippen molar-refractivity contribution >= 4 is 46.7 Å². The molecule has 0 unspecified atom stereocenters. The predicted molar refractivity (Wildman–Crippen MR) is 68.2 cm³/mol. The van der Waals surface area contributed by atoms with Crippen LogP contribution in [0, 0.1) is 0 Å². The van der Waals surface area contributed by atoms with Crippen LogP contribution in [0.3, 0.4) is 0 Å². The highest BCUT2D eigenvalue weighted by Gasteiger charge is 2.07. The predicted octanol–water partition coefficient (Wildman–Crippen LogP) is 0.215. The lowest BCUT2D eigenvalue weighted by Crippen LogP contribution is -2.14. The molecule has 11 heteroatoms. The van der Waals surface area contributed by atoms with Gasteiger partial charge >= 0.3 is 0 Å². The lowest BCUT2D eigenvalue weighted by molar-refractivity contribution is 0.318. The van der Waals surface area contributed by atoms with E-state index in [-0.39, 0.29) is 11.7 Å². The molecule has 17 heavy (non-hydrogen) atoms. The number of hydrogen-bond acceptors (Lipinski definition) is 9. The molecule has 0 aliphatic heterocycles. The summed E-state index contributed by atoms with van der Waals surface area (Å²) in [7, 11) is 0. The zero-order chi connectivity index (χ0) is 12.7.